The van der Waals surface area contributed by atoms with Gasteiger partial charge in [-0.25, -0.2) is 9.89 Å². The van der Waals surface area contributed by atoms with E-state index in [1.165, 1.54) is 0 Å². The van der Waals surface area contributed by atoms with Gasteiger partial charge in [0, 0.05) is 5.75 Å². The summed E-state index contributed by atoms with van der Waals surface area (Å²) in [5.41, 5.74) is -0.250. The Labute approximate surface area is 99.8 Å². The Kier molecular flexibility index (Phi) is 3.59. The normalized spacial score (nSPS) is 20.1. The van der Waals surface area contributed by atoms with Gasteiger partial charge in [0.25, 0.3) is 0 Å². The Morgan fingerprint density at radius 1 is 1.75 bits per heavy atom. The fourth-order valence-electron chi connectivity index (χ4n) is 1.57. The number of aromatic nitrogens is 3. The van der Waals surface area contributed by atoms with Crippen LogP contribution in [-0.4, -0.2) is 43.1 Å². The number of rotatable bonds is 4. The molecular weight excluding hydrogens is 250 g/mol. The Balaban J connectivity index is 2.18. The first-order chi connectivity index (χ1) is 7.68. The van der Waals surface area contributed by atoms with E-state index in [0.717, 1.165) is 29.7 Å². The summed E-state index contributed by atoms with van der Waals surface area (Å²) in [6, 6.07) is 0.146. The maximum Gasteiger partial charge on any atom is 0.344 e. The number of carboxylic acids is 1. The first-order valence-electron chi connectivity index (χ1n) is 4.77. The number of hydrogen-bond acceptors (Lipinski definition) is 5. The van der Waals surface area contributed by atoms with Crippen molar-refractivity contribution in [3.05, 3.63) is 10.5 Å². The summed E-state index contributed by atoms with van der Waals surface area (Å²) in [6.45, 7) is 0. The van der Waals surface area contributed by atoms with Gasteiger partial charge in [0.15, 0.2) is 5.16 Å². The number of carboxylic acid groups (broad SMARTS) is 1. The van der Waals surface area contributed by atoms with E-state index in [-0.39, 0.29) is 17.5 Å². The molecule has 2 rings (SSSR count). The van der Waals surface area contributed by atoms with Gasteiger partial charge in [-0.1, -0.05) is 11.8 Å². The number of hydrogen-bond donors (Lipinski definition) is 2. The molecule has 0 aliphatic carbocycles. The van der Waals surface area contributed by atoms with Crippen LogP contribution in [0.4, 0.5) is 0 Å². The van der Waals surface area contributed by atoms with Crippen molar-refractivity contribution in [2.24, 2.45) is 0 Å². The third-order valence-electron chi connectivity index (χ3n) is 2.27. The Hall–Kier alpha value is -0.890. The second-order valence-corrected chi connectivity index (χ2v) is 5.47. The molecule has 1 atom stereocenters. The fraction of sp³-hybridized carbons (Fsp3) is 0.625. The lowest BCUT2D eigenvalue weighted by Crippen LogP contribution is -2.23. The highest BCUT2D eigenvalue weighted by Crippen LogP contribution is 2.29. The van der Waals surface area contributed by atoms with Crippen LogP contribution in [0.5, 0.6) is 0 Å². The second-order valence-electron chi connectivity index (χ2n) is 3.38. The minimum Gasteiger partial charge on any atom is -0.481 e. The molecule has 1 aromatic rings. The first-order valence-corrected chi connectivity index (χ1v) is 6.91. The summed E-state index contributed by atoms with van der Waals surface area (Å²) in [5, 5.41) is 15.3. The van der Waals surface area contributed by atoms with Crippen molar-refractivity contribution >= 4 is 29.5 Å². The second kappa shape index (κ2) is 4.96. The van der Waals surface area contributed by atoms with Crippen LogP contribution in [-0.2, 0) is 4.79 Å². The van der Waals surface area contributed by atoms with E-state index in [1.807, 2.05) is 0 Å². The molecule has 0 saturated carbocycles. The quantitative estimate of drug-likeness (QED) is 0.764. The van der Waals surface area contributed by atoms with Crippen LogP contribution < -0.4 is 5.69 Å². The van der Waals surface area contributed by atoms with Gasteiger partial charge >= 0.3 is 11.7 Å². The molecule has 1 aliphatic heterocycles. The van der Waals surface area contributed by atoms with Crippen molar-refractivity contribution < 1.29 is 9.90 Å². The van der Waals surface area contributed by atoms with Crippen LogP contribution in [0.2, 0.25) is 0 Å². The van der Waals surface area contributed by atoms with Crippen LogP contribution in [0.1, 0.15) is 12.5 Å². The molecule has 1 saturated heterocycles. The predicted molar refractivity (Wildman–Crippen MR) is 62.2 cm³/mol. The Morgan fingerprint density at radius 3 is 3.19 bits per heavy atom. The molecule has 1 aliphatic rings. The predicted octanol–water partition coefficient (Wildman–Crippen LogP) is 0.426. The summed E-state index contributed by atoms with van der Waals surface area (Å²) in [4.78, 5) is 22.0. The zero-order chi connectivity index (χ0) is 11.5. The highest BCUT2D eigenvalue weighted by atomic mass is 32.2. The maximum absolute atomic E-state index is 11.5. The van der Waals surface area contributed by atoms with Gasteiger partial charge < -0.3 is 5.11 Å². The van der Waals surface area contributed by atoms with E-state index in [1.54, 1.807) is 16.3 Å². The standard InChI is InChI=1S/C8H11N3O3S2/c12-6(13)4-16-8-10-9-7(14)11(8)5-1-2-15-3-5/h5H,1-4H2,(H,9,14)(H,12,13). The van der Waals surface area contributed by atoms with E-state index in [2.05, 4.69) is 10.2 Å². The minimum atomic E-state index is -0.909. The number of aromatic amines is 1. The highest BCUT2D eigenvalue weighted by Gasteiger charge is 2.23. The third kappa shape index (κ3) is 2.43. The molecule has 1 unspecified atom stereocenters. The summed E-state index contributed by atoms with van der Waals surface area (Å²) < 4.78 is 1.58. The van der Waals surface area contributed by atoms with Crippen molar-refractivity contribution in [2.45, 2.75) is 17.6 Å². The van der Waals surface area contributed by atoms with Crippen LogP contribution in [0, 0.1) is 0 Å². The molecule has 1 fully saturated rings. The fourth-order valence-corrected chi connectivity index (χ4v) is 3.49. The van der Waals surface area contributed by atoms with Crippen LogP contribution in [0.25, 0.3) is 0 Å². The number of nitrogens with one attached hydrogen (secondary N) is 1. The van der Waals surface area contributed by atoms with Crippen molar-refractivity contribution in [2.75, 3.05) is 17.3 Å². The molecule has 2 heterocycles. The average molecular weight is 261 g/mol. The summed E-state index contributed by atoms with van der Waals surface area (Å²) in [6.07, 6.45) is 0.935. The molecule has 88 valence electrons. The van der Waals surface area contributed by atoms with Crippen LogP contribution in [0.15, 0.2) is 9.95 Å². The summed E-state index contributed by atoms with van der Waals surface area (Å²) in [7, 11) is 0. The monoisotopic (exact) mass is 261 g/mol. The SMILES string of the molecule is O=C(O)CSc1n[nH]c(=O)n1C1CCSC1. The van der Waals surface area contributed by atoms with Gasteiger partial charge in [0.2, 0.25) is 0 Å². The van der Waals surface area contributed by atoms with Crippen molar-refractivity contribution in [3.63, 3.8) is 0 Å². The number of carbonyl (C=O) groups is 1. The largest absolute Gasteiger partial charge is 0.481 e. The van der Waals surface area contributed by atoms with Crippen LogP contribution in [0.3, 0.4) is 0 Å². The van der Waals surface area contributed by atoms with E-state index in [0.29, 0.717) is 5.16 Å². The number of H-pyrrole nitrogens is 1. The van der Waals surface area contributed by atoms with E-state index < -0.39 is 5.97 Å². The molecular formula is C8H11N3O3S2. The van der Waals surface area contributed by atoms with Crippen molar-refractivity contribution in [1.82, 2.24) is 14.8 Å². The highest BCUT2D eigenvalue weighted by molar-refractivity contribution is 8.00. The van der Waals surface area contributed by atoms with Crippen molar-refractivity contribution in [3.8, 4) is 0 Å². The molecule has 8 heteroatoms. The Morgan fingerprint density at radius 2 is 2.56 bits per heavy atom. The number of aliphatic carboxylic acids is 1. The molecule has 0 bridgehead atoms. The number of thioether (sulfide) groups is 2. The maximum atomic E-state index is 11.5. The lowest BCUT2D eigenvalue weighted by Gasteiger charge is -2.10. The van der Waals surface area contributed by atoms with Gasteiger partial charge in [-0.15, -0.1) is 5.10 Å². The molecule has 6 nitrogen and oxygen atoms in total. The zero-order valence-electron chi connectivity index (χ0n) is 8.38. The van der Waals surface area contributed by atoms with E-state index in [9.17, 15) is 9.59 Å². The van der Waals surface area contributed by atoms with Gasteiger partial charge in [0.05, 0.1) is 11.8 Å². The minimum absolute atomic E-state index is 0.0792. The smallest absolute Gasteiger partial charge is 0.344 e. The lowest BCUT2D eigenvalue weighted by molar-refractivity contribution is -0.133. The van der Waals surface area contributed by atoms with Crippen LogP contribution >= 0.6 is 23.5 Å². The van der Waals surface area contributed by atoms with E-state index in [4.69, 9.17) is 5.11 Å². The lowest BCUT2D eigenvalue weighted by atomic mass is 10.3. The third-order valence-corrected chi connectivity index (χ3v) is 4.35. The molecule has 0 radical (unpaired) electrons. The Bertz CT molecular complexity index is 436. The molecule has 1 aromatic heterocycles. The van der Waals surface area contributed by atoms with Gasteiger partial charge in [0.1, 0.15) is 0 Å². The molecule has 0 aromatic carbocycles. The molecule has 16 heavy (non-hydrogen) atoms. The van der Waals surface area contributed by atoms with E-state index >= 15 is 0 Å². The van der Waals surface area contributed by atoms with Gasteiger partial charge in [-0.3, -0.25) is 9.36 Å². The molecule has 2 N–H and O–H groups in total. The summed E-state index contributed by atoms with van der Waals surface area (Å²) >= 11 is 2.87. The first kappa shape index (κ1) is 11.6. The van der Waals surface area contributed by atoms with Crippen molar-refractivity contribution in [1.29, 1.82) is 0 Å². The topological polar surface area (TPSA) is 88.0 Å². The molecule has 0 spiro atoms. The summed E-state index contributed by atoms with van der Waals surface area (Å²) in [5.74, 6) is 0.933. The number of nitrogens with zero attached hydrogens (tertiary/aromatic N) is 2. The van der Waals surface area contributed by atoms with Gasteiger partial charge in [-0.05, 0) is 12.2 Å². The molecule has 0 amide bonds. The zero-order valence-corrected chi connectivity index (χ0v) is 10.0. The van der Waals surface area contributed by atoms with Gasteiger partial charge in [-0.2, -0.15) is 11.8 Å². The average Bonchev–Trinajstić information content (AvgIpc) is 2.83.